The summed E-state index contributed by atoms with van der Waals surface area (Å²) >= 11 is 0. The average molecular weight is 362 g/mol. The largest absolute Gasteiger partial charge is 0.868 e. The van der Waals surface area contributed by atoms with Crippen LogP contribution in [0.1, 0.15) is 38.8 Å². The molecule has 2 amide bonds. The fourth-order valence-electron chi connectivity index (χ4n) is 2.54. The van der Waals surface area contributed by atoms with Gasteiger partial charge in [-0.3, -0.25) is 10.1 Å². The molecule has 0 saturated heterocycles. The third-order valence-electron chi connectivity index (χ3n) is 3.93. The number of rotatable bonds is 6. The first-order chi connectivity index (χ1) is 12.2. The van der Waals surface area contributed by atoms with E-state index in [0.717, 1.165) is 12.1 Å². The van der Waals surface area contributed by atoms with Gasteiger partial charge in [0.1, 0.15) is 0 Å². The molecule has 2 rings (SSSR count). The minimum atomic E-state index is -0.949. The Morgan fingerprint density at radius 1 is 1.38 bits per heavy atom. The van der Waals surface area contributed by atoms with Crippen LogP contribution >= 0.6 is 0 Å². The number of urea groups is 1. The summed E-state index contributed by atoms with van der Waals surface area (Å²) in [6.45, 7) is 5.75. The lowest BCUT2D eigenvalue weighted by Crippen LogP contribution is -2.45. The molecule has 9 heteroatoms. The predicted octanol–water partition coefficient (Wildman–Crippen LogP) is 1.89. The van der Waals surface area contributed by atoms with Crippen molar-refractivity contribution in [3.8, 4) is 5.75 Å². The maximum Gasteiger partial charge on any atom is 0.338 e. The van der Waals surface area contributed by atoms with Crippen molar-refractivity contribution in [3.05, 3.63) is 45.1 Å². The molecule has 1 heterocycles. The highest BCUT2D eigenvalue weighted by molar-refractivity contribution is 5.95. The van der Waals surface area contributed by atoms with Crippen LogP contribution in [-0.4, -0.2) is 23.5 Å². The first-order valence-corrected chi connectivity index (χ1v) is 8.11. The molecule has 1 aliphatic heterocycles. The van der Waals surface area contributed by atoms with Crippen LogP contribution < -0.4 is 15.7 Å². The minimum Gasteiger partial charge on any atom is -0.868 e. The van der Waals surface area contributed by atoms with E-state index in [-0.39, 0.29) is 17.7 Å². The summed E-state index contributed by atoms with van der Waals surface area (Å²) in [5, 5.41) is 27.6. The molecular weight excluding hydrogens is 342 g/mol. The highest BCUT2D eigenvalue weighted by Crippen LogP contribution is 2.32. The minimum absolute atomic E-state index is 0.140. The van der Waals surface area contributed by atoms with Gasteiger partial charge < -0.3 is 20.5 Å². The normalized spacial score (nSPS) is 16.9. The maximum absolute atomic E-state index is 12.5. The molecule has 0 bridgehead atoms. The lowest BCUT2D eigenvalue weighted by Gasteiger charge is -2.28. The Balaban J connectivity index is 2.36. The zero-order valence-electron chi connectivity index (χ0n) is 14.7. The highest BCUT2D eigenvalue weighted by Gasteiger charge is 2.33. The lowest BCUT2D eigenvalue weighted by atomic mass is 9.95. The molecule has 1 aliphatic rings. The summed E-state index contributed by atoms with van der Waals surface area (Å²) in [5.41, 5.74) is 0.0604. The topological polar surface area (TPSA) is 134 Å². The summed E-state index contributed by atoms with van der Waals surface area (Å²) in [6, 6.07) is 1.95. The monoisotopic (exact) mass is 362 g/mol. The van der Waals surface area contributed by atoms with Gasteiger partial charge in [-0.1, -0.05) is 26.0 Å². The molecule has 0 spiro atoms. The van der Waals surface area contributed by atoms with Crippen molar-refractivity contribution in [2.75, 3.05) is 6.61 Å². The Bertz CT molecular complexity index is 772. The number of nitrogens with zero attached hydrogens (tertiary/aromatic N) is 1. The van der Waals surface area contributed by atoms with Crippen molar-refractivity contribution in [3.63, 3.8) is 0 Å². The summed E-state index contributed by atoms with van der Waals surface area (Å²) in [4.78, 5) is 34.5. The first kappa shape index (κ1) is 19.2. The molecule has 140 valence electrons. The van der Waals surface area contributed by atoms with E-state index < -0.39 is 34.4 Å². The second kappa shape index (κ2) is 7.85. The van der Waals surface area contributed by atoms with Crippen molar-refractivity contribution >= 4 is 17.7 Å². The van der Waals surface area contributed by atoms with Crippen LogP contribution in [0.25, 0.3) is 0 Å². The number of hydrogen-bond acceptors (Lipinski definition) is 6. The first-order valence-electron chi connectivity index (χ1n) is 8.11. The smallest absolute Gasteiger partial charge is 0.338 e. The summed E-state index contributed by atoms with van der Waals surface area (Å²) in [7, 11) is 0. The second-order valence-corrected chi connectivity index (χ2v) is 6.37. The van der Waals surface area contributed by atoms with Gasteiger partial charge in [-0.25, -0.2) is 9.59 Å². The van der Waals surface area contributed by atoms with Crippen LogP contribution in [-0.2, 0) is 9.53 Å². The number of allylic oxidation sites excluding steroid dienone is 1. The number of carbonyl (C=O) groups excluding carboxylic acids is 2. The number of amides is 2. The number of benzene rings is 1. The van der Waals surface area contributed by atoms with Crippen LogP contribution in [0.4, 0.5) is 10.5 Å². The zero-order valence-corrected chi connectivity index (χ0v) is 14.7. The van der Waals surface area contributed by atoms with E-state index >= 15 is 0 Å². The number of esters is 1. The maximum atomic E-state index is 12.5. The molecule has 9 nitrogen and oxygen atoms in total. The Labute approximate surface area is 150 Å². The molecule has 0 unspecified atom stereocenters. The quantitative estimate of drug-likeness (QED) is 0.451. The number of carbonyl (C=O) groups is 2. The van der Waals surface area contributed by atoms with Crippen molar-refractivity contribution in [1.29, 1.82) is 0 Å². The van der Waals surface area contributed by atoms with E-state index in [1.165, 1.54) is 6.07 Å². The summed E-state index contributed by atoms with van der Waals surface area (Å²) in [6.07, 6.45) is 0.679. The fraction of sp³-hybridized carbons (Fsp3) is 0.412. The van der Waals surface area contributed by atoms with Crippen LogP contribution in [0, 0.1) is 16.0 Å². The number of nitro groups is 1. The fourth-order valence-corrected chi connectivity index (χ4v) is 2.54. The van der Waals surface area contributed by atoms with Gasteiger partial charge in [0.25, 0.3) is 5.69 Å². The van der Waals surface area contributed by atoms with Gasteiger partial charge in [0.2, 0.25) is 0 Å². The van der Waals surface area contributed by atoms with E-state index in [1.54, 1.807) is 6.92 Å². The highest BCUT2D eigenvalue weighted by atomic mass is 16.6. The Morgan fingerprint density at radius 3 is 2.69 bits per heavy atom. The van der Waals surface area contributed by atoms with E-state index in [1.807, 2.05) is 13.8 Å². The number of nitrogens with one attached hydrogen (secondary N) is 2. The van der Waals surface area contributed by atoms with Crippen molar-refractivity contribution in [1.82, 2.24) is 10.6 Å². The molecule has 1 atom stereocenters. The molecule has 26 heavy (non-hydrogen) atoms. The Kier molecular flexibility index (Phi) is 5.81. The van der Waals surface area contributed by atoms with Gasteiger partial charge in [-0.05, 0) is 30.6 Å². The Morgan fingerprint density at radius 2 is 2.08 bits per heavy atom. The summed E-state index contributed by atoms with van der Waals surface area (Å²) < 4.78 is 5.27. The summed E-state index contributed by atoms with van der Waals surface area (Å²) in [5.74, 6) is -1.03. The predicted molar refractivity (Wildman–Crippen MR) is 90.1 cm³/mol. The average Bonchev–Trinajstić information content (AvgIpc) is 2.53. The van der Waals surface area contributed by atoms with E-state index in [2.05, 4.69) is 10.6 Å². The molecule has 0 radical (unpaired) electrons. The van der Waals surface area contributed by atoms with Gasteiger partial charge in [0.05, 0.1) is 23.1 Å². The number of nitro benzene ring substituents is 1. The van der Waals surface area contributed by atoms with Crippen LogP contribution in [0.2, 0.25) is 0 Å². The second-order valence-electron chi connectivity index (χ2n) is 6.37. The van der Waals surface area contributed by atoms with Gasteiger partial charge in [0, 0.05) is 11.8 Å². The van der Waals surface area contributed by atoms with Crippen LogP contribution in [0.15, 0.2) is 29.5 Å². The van der Waals surface area contributed by atoms with E-state index in [9.17, 15) is 24.8 Å². The van der Waals surface area contributed by atoms with Gasteiger partial charge >= 0.3 is 12.0 Å². The molecule has 0 aliphatic carbocycles. The standard InChI is InChI=1S/C17H21N3O6/c1-9(2)6-7-26-16(22)14-10(3)18-17(23)19-15(14)11-4-5-13(21)12(8-11)20(24)25/h4-5,8-9,15,21H,6-7H2,1-3H3,(H2,18,19,23)/p-1/t15-/m1/s1. The molecule has 0 fully saturated rings. The molecule has 0 saturated carbocycles. The van der Waals surface area contributed by atoms with Crippen LogP contribution in [0.3, 0.4) is 0 Å². The molecule has 1 aromatic rings. The zero-order chi connectivity index (χ0) is 19.4. The molecule has 0 aromatic heterocycles. The van der Waals surface area contributed by atoms with Crippen LogP contribution in [0.5, 0.6) is 5.75 Å². The van der Waals surface area contributed by atoms with Crippen molar-refractivity contribution in [2.45, 2.75) is 33.2 Å². The molecular formula is C17H20N3O6-. The molecule has 2 N–H and O–H groups in total. The number of ether oxygens (including phenoxy) is 1. The van der Waals surface area contributed by atoms with E-state index in [4.69, 9.17) is 4.74 Å². The van der Waals surface area contributed by atoms with Crippen molar-refractivity contribution in [2.24, 2.45) is 5.92 Å². The van der Waals surface area contributed by atoms with E-state index in [0.29, 0.717) is 18.0 Å². The number of hydrogen-bond donors (Lipinski definition) is 2. The van der Waals surface area contributed by atoms with Gasteiger partial charge in [-0.2, -0.15) is 0 Å². The third kappa shape index (κ3) is 4.29. The van der Waals surface area contributed by atoms with Gasteiger partial charge in [-0.15, -0.1) is 0 Å². The molecule has 1 aromatic carbocycles. The third-order valence-corrected chi connectivity index (χ3v) is 3.93. The SMILES string of the molecule is CC1=C(C(=O)OCCC(C)C)[C@@H](c2ccc([O-])c([N+](=O)[O-])c2)NC(=O)N1. The van der Waals surface area contributed by atoms with Crippen molar-refractivity contribution < 1.29 is 24.4 Å². The van der Waals surface area contributed by atoms with Gasteiger partial charge in [0.15, 0.2) is 0 Å². The Hall–Kier alpha value is -3.10. The lowest BCUT2D eigenvalue weighted by molar-refractivity contribution is -0.398.